The summed E-state index contributed by atoms with van der Waals surface area (Å²) in [5, 5.41) is 2.25. The highest BCUT2D eigenvalue weighted by Gasteiger charge is 2.27. The van der Waals surface area contributed by atoms with Gasteiger partial charge in [0.05, 0.1) is 0 Å². The van der Waals surface area contributed by atoms with Gasteiger partial charge in [0.1, 0.15) is 0 Å². The van der Waals surface area contributed by atoms with Crippen LogP contribution in [-0.2, 0) is 0 Å². The molecule has 0 amide bonds. The molecule has 1 aliphatic heterocycles. The van der Waals surface area contributed by atoms with Gasteiger partial charge in [0, 0.05) is 18.8 Å². The minimum absolute atomic E-state index is 0.737. The van der Waals surface area contributed by atoms with Gasteiger partial charge in [0.15, 0.2) is 0 Å². The molecule has 0 radical (unpaired) electrons. The van der Waals surface area contributed by atoms with Crippen LogP contribution in [-0.4, -0.2) is 17.6 Å². The number of rotatable bonds is 17. The van der Waals surface area contributed by atoms with E-state index in [0.717, 1.165) is 6.04 Å². The van der Waals surface area contributed by atoms with E-state index in [0.29, 0.717) is 0 Å². The Morgan fingerprint density at radius 2 is 1.22 bits per heavy atom. The van der Waals surface area contributed by atoms with Gasteiger partial charge < -0.3 is 5.43 Å². The van der Waals surface area contributed by atoms with Crippen LogP contribution < -0.4 is 5.43 Å². The lowest BCUT2D eigenvalue weighted by Crippen LogP contribution is -2.14. The second kappa shape index (κ2) is 15.1. The van der Waals surface area contributed by atoms with Crippen LogP contribution >= 0.6 is 0 Å². The van der Waals surface area contributed by atoms with Crippen LogP contribution in [0.5, 0.6) is 0 Å². The molecule has 23 heavy (non-hydrogen) atoms. The Labute approximate surface area is 146 Å². The molecule has 0 saturated carbocycles. The first-order valence-electron chi connectivity index (χ1n) is 10.5. The van der Waals surface area contributed by atoms with Crippen molar-refractivity contribution >= 4 is 0 Å². The largest absolute Gasteiger partial charge is 0.326 e. The van der Waals surface area contributed by atoms with E-state index in [9.17, 15) is 0 Å². The van der Waals surface area contributed by atoms with Crippen LogP contribution in [0, 0.1) is 0 Å². The summed E-state index contributed by atoms with van der Waals surface area (Å²) in [5.41, 5.74) is 3.31. The van der Waals surface area contributed by atoms with Gasteiger partial charge in [-0.2, -0.15) is 0 Å². The zero-order valence-electron chi connectivity index (χ0n) is 16.0. The topological polar surface area (TPSA) is 15.0 Å². The molecular weight excluding hydrogens is 280 g/mol. The minimum Gasteiger partial charge on any atom is -0.326 e. The van der Waals surface area contributed by atoms with Gasteiger partial charge in [-0.05, 0) is 19.8 Å². The van der Waals surface area contributed by atoms with Crippen molar-refractivity contribution in [3.63, 3.8) is 0 Å². The van der Waals surface area contributed by atoms with Crippen molar-refractivity contribution in [2.45, 2.75) is 116 Å². The molecule has 2 heteroatoms. The predicted molar refractivity (Wildman–Crippen MR) is 103 cm³/mol. The molecule has 1 N–H and O–H groups in total. The molecule has 0 aromatic carbocycles. The lowest BCUT2D eigenvalue weighted by atomic mass is 10.0. The van der Waals surface area contributed by atoms with E-state index < -0.39 is 0 Å². The standard InChI is InChI=1S/C21H42N2/c1-3-4-5-6-7-8-9-10-11-12-13-14-15-16-17-18-19-22-23-20-21(23)2/h18-19,21-22H,3-17,20H2,1-2H3. The third-order valence-corrected chi connectivity index (χ3v) is 4.94. The first kappa shape index (κ1) is 20.5. The number of hydrazine groups is 1. The van der Waals surface area contributed by atoms with Gasteiger partial charge in [-0.25, -0.2) is 5.01 Å². The van der Waals surface area contributed by atoms with Gasteiger partial charge in [0.2, 0.25) is 0 Å². The van der Waals surface area contributed by atoms with Crippen molar-refractivity contribution in [1.82, 2.24) is 10.4 Å². The van der Waals surface area contributed by atoms with Crippen molar-refractivity contribution in [3.8, 4) is 0 Å². The number of nitrogens with one attached hydrogen (secondary N) is 1. The van der Waals surface area contributed by atoms with Gasteiger partial charge in [-0.3, -0.25) is 0 Å². The van der Waals surface area contributed by atoms with Crippen LogP contribution in [0.15, 0.2) is 12.3 Å². The van der Waals surface area contributed by atoms with E-state index >= 15 is 0 Å². The van der Waals surface area contributed by atoms with Crippen LogP contribution in [0.4, 0.5) is 0 Å². The number of nitrogens with zero attached hydrogens (tertiary/aromatic N) is 1. The Hall–Kier alpha value is -0.500. The maximum absolute atomic E-state index is 3.31. The Morgan fingerprint density at radius 1 is 0.783 bits per heavy atom. The SMILES string of the molecule is CCCCCCCCCCCCCCCCC=CNN1CC1C. The summed E-state index contributed by atoms with van der Waals surface area (Å²) in [6.45, 7) is 5.74. The Bertz CT molecular complexity index is 275. The summed E-state index contributed by atoms with van der Waals surface area (Å²) in [5.74, 6) is 0. The highest BCUT2D eigenvalue weighted by atomic mass is 15.6. The molecule has 2 atom stereocenters. The molecule has 1 aliphatic rings. The van der Waals surface area contributed by atoms with E-state index in [2.05, 4.69) is 36.6 Å². The minimum atomic E-state index is 0.737. The molecule has 0 aliphatic carbocycles. The van der Waals surface area contributed by atoms with Gasteiger partial charge in [-0.1, -0.05) is 96.5 Å². The highest BCUT2D eigenvalue weighted by Crippen LogP contribution is 2.13. The number of unbranched alkanes of at least 4 members (excludes halogenated alkanes) is 14. The molecular formula is C21H42N2. The van der Waals surface area contributed by atoms with Crippen molar-refractivity contribution in [2.75, 3.05) is 6.54 Å². The summed E-state index contributed by atoms with van der Waals surface area (Å²) in [6, 6.07) is 0.737. The molecule has 0 aromatic rings. The van der Waals surface area contributed by atoms with Crippen molar-refractivity contribution in [2.24, 2.45) is 0 Å². The van der Waals surface area contributed by atoms with Gasteiger partial charge in [0.25, 0.3) is 0 Å². The van der Waals surface area contributed by atoms with Crippen molar-refractivity contribution < 1.29 is 0 Å². The third kappa shape index (κ3) is 13.6. The van der Waals surface area contributed by atoms with E-state index in [-0.39, 0.29) is 0 Å². The maximum Gasteiger partial charge on any atom is 0.0409 e. The van der Waals surface area contributed by atoms with E-state index in [4.69, 9.17) is 0 Å². The maximum atomic E-state index is 3.31. The lowest BCUT2D eigenvalue weighted by Gasteiger charge is -2.03. The smallest absolute Gasteiger partial charge is 0.0409 e. The number of allylic oxidation sites excluding steroid dienone is 1. The van der Waals surface area contributed by atoms with E-state index in [1.54, 1.807) is 0 Å². The van der Waals surface area contributed by atoms with E-state index in [1.165, 1.54) is 103 Å². The van der Waals surface area contributed by atoms with Crippen molar-refractivity contribution in [1.29, 1.82) is 0 Å². The Kier molecular flexibility index (Phi) is 13.4. The molecule has 0 bridgehead atoms. The first-order valence-corrected chi connectivity index (χ1v) is 10.5. The number of hydrogen-bond acceptors (Lipinski definition) is 2. The second-order valence-electron chi connectivity index (χ2n) is 7.42. The lowest BCUT2D eigenvalue weighted by molar-refractivity contribution is 0.445. The molecule has 0 aromatic heterocycles. The molecule has 2 unspecified atom stereocenters. The van der Waals surface area contributed by atoms with Gasteiger partial charge >= 0.3 is 0 Å². The first-order chi connectivity index (χ1) is 11.3. The van der Waals surface area contributed by atoms with Crippen LogP contribution in [0.25, 0.3) is 0 Å². The average Bonchev–Trinajstić information content (AvgIpc) is 3.26. The third-order valence-electron chi connectivity index (χ3n) is 4.94. The van der Waals surface area contributed by atoms with Gasteiger partial charge in [-0.15, -0.1) is 0 Å². The fourth-order valence-electron chi connectivity index (χ4n) is 3.11. The van der Waals surface area contributed by atoms with Crippen molar-refractivity contribution in [3.05, 3.63) is 12.3 Å². The van der Waals surface area contributed by atoms with E-state index in [1.807, 2.05) is 0 Å². The molecule has 0 spiro atoms. The fourth-order valence-corrected chi connectivity index (χ4v) is 3.11. The summed E-state index contributed by atoms with van der Waals surface area (Å²) in [4.78, 5) is 0. The summed E-state index contributed by atoms with van der Waals surface area (Å²) in [7, 11) is 0. The normalized spacial score (nSPS) is 20.3. The Morgan fingerprint density at radius 3 is 1.65 bits per heavy atom. The zero-order chi connectivity index (χ0) is 16.6. The predicted octanol–water partition coefficient (Wildman–Crippen LogP) is 6.58. The molecule has 1 rings (SSSR count). The highest BCUT2D eigenvalue weighted by molar-refractivity contribution is 4.87. The summed E-state index contributed by atoms with van der Waals surface area (Å²) in [6.07, 6.45) is 25.8. The van der Waals surface area contributed by atoms with Crippen LogP contribution in [0.1, 0.15) is 110 Å². The average molecular weight is 323 g/mol. The zero-order valence-corrected chi connectivity index (χ0v) is 16.0. The number of hydrogen-bond donors (Lipinski definition) is 1. The van der Waals surface area contributed by atoms with Crippen LogP contribution in [0.3, 0.4) is 0 Å². The molecule has 1 fully saturated rings. The fraction of sp³-hybridized carbons (Fsp3) is 0.905. The molecule has 2 nitrogen and oxygen atoms in total. The summed E-state index contributed by atoms with van der Waals surface area (Å²) < 4.78 is 0. The molecule has 136 valence electrons. The quantitative estimate of drug-likeness (QED) is 0.240. The molecule has 1 saturated heterocycles. The second-order valence-corrected chi connectivity index (χ2v) is 7.42. The Balaban J connectivity index is 1.65. The van der Waals surface area contributed by atoms with Crippen LogP contribution in [0.2, 0.25) is 0 Å². The summed E-state index contributed by atoms with van der Waals surface area (Å²) >= 11 is 0. The molecule has 1 heterocycles. The monoisotopic (exact) mass is 322 g/mol.